The van der Waals surface area contributed by atoms with Crippen LogP contribution in [-0.4, -0.2) is 38.2 Å². The standard InChI is InChI=1S/C15H22N2O/c1-18-15-4-2-12(3-5-15)9-17-10-13-6-7-16-8-14(13)11-17/h2-5,13-14,16H,6-11H2,1H3/t13-,14+/m1/s1. The van der Waals surface area contributed by atoms with Crippen LogP contribution in [0.15, 0.2) is 24.3 Å². The van der Waals surface area contributed by atoms with E-state index in [1.807, 2.05) is 0 Å². The molecular formula is C15H22N2O. The predicted molar refractivity (Wildman–Crippen MR) is 72.7 cm³/mol. The second-order valence-electron chi connectivity index (χ2n) is 5.56. The first-order chi connectivity index (χ1) is 8.85. The summed E-state index contributed by atoms with van der Waals surface area (Å²) in [5.74, 6) is 2.74. The van der Waals surface area contributed by atoms with Gasteiger partial charge in [-0.15, -0.1) is 0 Å². The monoisotopic (exact) mass is 246 g/mol. The fourth-order valence-corrected chi connectivity index (χ4v) is 3.29. The number of benzene rings is 1. The molecule has 2 fully saturated rings. The van der Waals surface area contributed by atoms with Crippen LogP contribution >= 0.6 is 0 Å². The molecule has 0 aliphatic carbocycles. The van der Waals surface area contributed by atoms with Gasteiger partial charge >= 0.3 is 0 Å². The van der Waals surface area contributed by atoms with Gasteiger partial charge in [0.25, 0.3) is 0 Å². The summed E-state index contributed by atoms with van der Waals surface area (Å²) < 4.78 is 5.19. The molecule has 18 heavy (non-hydrogen) atoms. The molecule has 0 aromatic heterocycles. The molecule has 3 rings (SSSR count). The summed E-state index contributed by atoms with van der Waals surface area (Å²) in [7, 11) is 1.72. The fourth-order valence-electron chi connectivity index (χ4n) is 3.29. The number of likely N-dealkylation sites (tertiary alicyclic amines) is 1. The molecule has 1 aromatic rings. The van der Waals surface area contributed by atoms with E-state index in [9.17, 15) is 0 Å². The largest absolute Gasteiger partial charge is 0.497 e. The van der Waals surface area contributed by atoms with Crippen molar-refractivity contribution in [2.75, 3.05) is 33.3 Å². The van der Waals surface area contributed by atoms with Crippen molar-refractivity contribution in [1.82, 2.24) is 10.2 Å². The van der Waals surface area contributed by atoms with E-state index in [0.717, 1.165) is 24.1 Å². The van der Waals surface area contributed by atoms with Gasteiger partial charge in [0.1, 0.15) is 5.75 Å². The Balaban J connectivity index is 1.59. The van der Waals surface area contributed by atoms with Crippen LogP contribution in [0.4, 0.5) is 0 Å². The highest BCUT2D eigenvalue weighted by molar-refractivity contribution is 5.27. The third kappa shape index (κ3) is 2.52. The normalized spacial score (nSPS) is 28.1. The summed E-state index contributed by atoms with van der Waals surface area (Å²) in [5.41, 5.74) is 1.39. The van der Waals surface area contributed by atoms with Crippen molar-refractivity contribution in [2.45, 2.75) is 13.0 Å². The van der Waals surface area contributed by atoms with Gasteiger partial charge in [-0.1, -0.05) is 12.1 Å². The smallest absolute Gasteiger partial charge is 0.118 e. The number of methoxy groups -OCH3 is 1. The van der Waals surface area contributed by atoms with Gasteiger partial charge in [-0.05, 0) is 49.0 Å². The molecule has 3 nitrogen and oxygen atoms in total. The number of fused-ring (bicyclic) bond motifs is 1. The molecule has 0 spiro atoms. The van der Waals surface area contributed by atoms with Crippen molar-refractivity contribution in [3.05, 3.63) is 29.8 Å². The Morgan fingerprint density at radius 3 is 2.72 bits per heavy atom. The molecular weight excluding hydrogens is 224 g/mol. The zero-order valence-electron chi connectivity index (χ0n) is 11.1. The second kappa shape index (κ2) is 5.29. The van der Waals surface area contributed by atoms with E-state index < -0.39 is 0 Å². The van der Waals surface area contributed by atoms with Crippen LogP contribution < -0.4 is 10.1 Å². The lowest BCUT2D eigenvalue weighted by Gasteiger charge is -2.24. The lowest BCUT2D eigenvalue weighted by Crippen LogP contribution is -2.35. The van der Waals surface area contributed by atoms with E-state index >= 15 is 0 Å². The van der Waals surface area contributed by atoms with Gasteiger partial charge in [-0.25, -0.2) is 0 Å². The van der Waals surface area contributed by atoms with E-state index in [2.05, 4.69) is 34.5 Å². The molecule has 0 radical (unpaired) electrons. The topological polar surface area (TPSA) is 24.5 Å². The van der Waals surface area contributed by atoms with Gasteiger partial charge in [0.2, 0.25) is 0 Å². The van der Waals surface area contributed by atoms with Crippen LogP contribution in [0.1, 0.15) is 12.0 Å². The van der Waals surface area contributed by atoms with Crippen molar-refractivity contribution < 1.29 is 4.74 Å². The molecule has 1 aromatic carbocycles. The van der Waals surface area contributed by atoms with Crippen molar-refractivity contribution in [3.63, 3.8) is 0 Å². The van der Waals surface area contributed by atoms with Crippen molar-refractivity contribution >= 4 is 0 Å². The summed E-state index contributed by atoms with van der Waals surface area (Å²) in [6, 6.07) is 8.47. The highest BCUT2D eigenvalue weighted by Gasteiger charge is 2.33. The molecule has 0 amide bonds. The minimum atomic E-state index is 0.872. The summed E-state index contributed by atoms with van der Waals surface area (Å²) in [5, 5.41) is 3.51. The number of ether oxygens (including phenoxy) is 1. The highest BCUT2D eigenvalue weighted by atomic mass is 16.5. The van der Waals surface area contributed by atoms with Gasteiger partial charge in [0.05, 0.1) is 7.11 Å². The Morgan fingerprint density at radius 1 is 1.22 bits per heavy atom. The lowest BCUT2D eigenvalue weighted by molar-refractivity contribution is 0.313. The number of rotatable bonds is 3. The molecule has 0 unspecified atom stereocenters. The highest BCUT2D eigenvalue weighted by Crippen LogP contribution is 2.29. The van der Waals surface area contributed by atoms with E-state index in [-0.39, 0.29) is 0 Å². The van der Waals surface area contributed by atoms with E-state index in [1.54, 1.807) is 7.11 Å². The number of nitrogens with one attached hydrogen (secondary N) is 1. The second-order valence-corrected chi connectivity index (χ2v) is 5.56. The SMILES string of the molecule is COc1ccc(CN2C[C@H]3CCNC[C@H]3C2)cc1. The maximum atomic E-state index is 5.19. The van der Waals surface area contributed by atoms with Crippen LogP contribution in [0.25, 0.3) is 0 Å². The maximum Gasteiger partial charge on any atom is 0.118 e. The van der Waals surface area contributed by atoms with Crippen molar-refractivity contribution in [3.8, 4) is 5.75 Å². The number of nitrogens with zero attached hydrogens (tertiary/aromatic N) is 1. The molecule has 2 heterocycles. The van der Waals surface area contributed by atoms with Crippen LogP contribution in [0, 0.1) is 11.8 Å². The Kier molecular flexibility index (Phi) is 3.52. The summed E-state index contributed by atoms with van der Waals surface area (Å²) >= 11 is 0. The molecule has 2 aliphatic heterocycles. The Labute approximate surface area is 109 Å². The van der Waals surface area contributed by atoms with E-state index in [1.165, 1.54) is 38.2 Å². The fraction of sp³-hybridized carbons (Fsp3) is 0.600. The molecule has 1 N–H and O–H groups in total. The number of piperidine rings is 1. The van der Waals surface area contributed by atoms with Gasteiger partial charge in [0, 0.05) is 19.6 Å². The number of hydrogen-bond acceptors (Lipinski definition) is 3. The molecule has 0 bridgehead atoms. The first kappa shape index (κ1) is 12.0. The summed E-state index contributed by atoms with van der Waals surface area (Å²) in [6.07, 6.45) is 1.35. The van der Waals surface area contributed by atoms with Crippen LogP contribution in [-0.2, 0) is 6.54 Å². The average molecular weight is 246 g/mol. The molecule has 2 saturated heterocycles. The Morgan fingerprint density at radius 2 is 2.00 bits per heavy atom. The Bertz CT molecular complexity index is 376. The van der Waals surface area contributed by atoms with Crippen LogP contribution in [0.3, 0.4) is 0 Å². The molecule has 98 valence electrons. The first-order valence-electron chi connectivity index (χ1n) is 6.91. The van der Waals surface area contributed by atoms with Gasteiger partial charge in [0.15, 0.2) is 0 Å². The van der Waals surface area contributed by atoms with Gasteiger partial charge in [-0.2, -0.15) is 0 Å². The maximum absolute atomic E-state index is 5.19. The molecule has 2 atom stereocenters. The van der Waals surface area contributed by atoms with Gasteiger partial charge < -0.3 is 10.1 Å². The van der Waals surface area contributed by atoms with E-state index in [0.29, 0.717) is 0 Å². The van der Waals surface area contributed by atoms with Crippen molar-refractivity contribution in [2.24, 2.45) is 11.8 Å². The zero-order chi connectivity index (χ0) is 12.4. The summed E-state index contributed by atoms with van der Waals surface area (Å²) in [4.78, 5) is 2.60. The zero-order valence-corrected chi connectivity index (χ0v) is 11.1. The Hall–Kier alpha value is -1.06. The molecule has 0 saturated carbocycles. The quantitative estimate of drug-likeness (QED) is 0.879. The minimum absolute atomic E-state index is 0.872. The van der Waals surface area contributed by atoms with E-state index in [4.69, 9.17) is 4.74 Å². The minimum Gasteiger partial charge on any atom is -0.497 e. The lowest BCUT2D eigenvalue weighted by atomic mass is 9.90. The molecule has 2 aliphatic rings. The summed E-state index contributed by atoms with van der Waals surface area (Å²) in [6.45, 7) is 6.03. The number of hydrogen-bond donors (Lipinski definition) is 1. The average Bonchev–Trinajstić information content (AvgIpc) is 2.82. The van der Waals surface area contributed by atoms with Crippen molar-refractivity contribution in [1.29, 1.82) is 0 Å². The first-order valence-corrected chi connectivity index (χ1v) is 6.91. The van der Waals surface area contributed by atoms with Gasteiger partial charge in [-0.3, -0.25) is 4.90 Å². The third-order valence-electron chi connectivity index (χ3n) is 4.32. The van der Waals surface area contributed by atoms with Crippen LogP contribution in [0.5, 0.6) is 5.75 Å². The van der Waals surface area contributed by atoms with Crippen LogP contribution in [0.2, 0.25) is 0 Å². The predicted octanol–water partition coefficient (Wildman–Crippen LogP) is 1.74. The molecule has 3 heteroatoms. The third-order valence-corrected chi connectivity index (χ3v) is 4.32.